The number of nitrogens with zero attached hydrogens (tertiary/aromatic N) is 4. The van der Waals surface area contributed by atoms with Gasteiger partial charge in [0.2, 0.25) is 10.0 Å². The lowest BCUT2D eigenvalue weighted by Gasteiger charge is -2.34. The number of hydrogen-bond acceptors (Lipinski definition) is 4. The molecule has 1 aliphatic rings. The molecule has 0 aliphatic carbocycles. The van der Waals surface area contributed by atoms with Crippen molar-refractivity contribution in [2.75, 3.05) is 27.2 Å². The van der Waals surface area contributed by atoms with Crippen molar-refractivity contribution in [3.8, 4) is 0 Å². The second-order valence-corrected chi connectivity index (χ2v) is 6.89. The van der Waals surface area contributed by atoms with Crippen LogP contribution in [0.25, 0.3) is 0 Å². The molecule has 18 heavy (non-hydrogen) atoms. The van der Waals surface area contributed by atoms with Crippen LogP contribution in [-0.4, -0.2) is 60.6 Å². The fraction of sp³-hybridized carbons (Fsp3) is 0.727. The molecular weight excluding hydrogens is 252 g/mol. The third kappa shape index (κ3) is 2.57. The third-order valence-corrected chi connectivity index (χ3v) is 5.32. The summed E-state index contributed by atoms with van der Waals surface area (Å²) in [6.45, 7) is 1.17. The SMILES string of the molecule is CN(C)C1CCN(S(=O)(=O)c2cnn(C)c2)CC1. The van der Waals surface area contributed by atoms with Gasteiger partial charge in [0.1, 0.15) is 4.90 Å². The molecule has 2 heterocycles. The lowest BCUT2D eigenvalue weighted by molar-refractivity contribution is 0.196. The minimum Gasteiger partial charge on any atom is -0.306 e. The molecule has 0 unspecified atom stereocenters. The van der Waals surface area contributed by atoms with E-state index in [-0.39, 0.29) is 4.90 Å². The maximum absolute atomic E-state index is 12.3. The Kier molecular flexibility index (Phi) is 3.74. The molecule has 102 valence electrons. The van der Waals surface area contributed by atoms with Crippen LogP contribution >= 0.6 is 0 Å². The van der Waals surface area contributed by atoms with E-state index in [1.807, 2.05) is 14.1 Å². The van der Waals surface area contributed by atoms with Crippen LogP contribution < -0.4 is 0 Å². The van der Waals surface area contributed by atoms with Crippen LogP contribution in [0.5, 0.6) is 0 Å². The molecule has 1 aromatic heterocycles. The van der Waals surface area contributed by atoms with Crippen molar-refractivity contribution in [2.45, 2.75) is 23.8 Å². The van der Waals surface area contributed by atoms with Gasteiger partial charge < -0.3 is 4.90 Å². The molecule has 1 aliphatic heterocycles. The molecule has 0 spiro atoms. The number of aromatic nitrogens is 2. The molecule has 0 atom stereocenters. The maximum atomic E-state index is 12.3. The summed E-state index contributed by atoms with van der Waals surface area (Å²) in [5.41, 5.74) is 0. The summed E-state index contributed by atoms with van der Waals surface area (Å²) < 4.78 is 27.7. The minimum atomic E-state index is -3.36. The number of sulfonamides is 1. The van der Waals surface area contributed by atoms with Crippen LogP contribution in [0.3, 0.4) is 0 Å². The van der Waals surface area contributed by atoms with Crippen molar-refractivity contribution >= 4 is 10.0 Å². The largest absolute Gasteiger partial charge is 0.306 e. The Bertz CT molecular complexity index is 501. The zero-order valence-corrected chi connectivity index (χ0v) is 11.9. The summed E-state index contributed by atoms with van der Waals surface area (Å²) in [7, 11) is 2.44. The standard InChI is InChI=1S/C11H20N4O2S/c1-13(2)10-4-6-15(7-5-10)18(16,17)11-8-12-14(3)9-11/h8-10H,4-7H2,1-3H3. The van der Waals surface area contributed by atoms with Crippen molar-refractivity contribution in [1.82, 2.24) is 19.0 Å². The van der Waals surface area contributed by atoms with Crippen LogP contribution in [0.1, 0.15) is 12.8 Å². The zero-order chi connectivity index (χ0) is 13.3. The highest BCUT2D eigenvalue weighted by molar-refractivity contribution is 7.89. The quantitative estimate of drug-likeness (QED) is 0.785. The summed E-state index contributed by atoms with van der Waals surface area (Å²) in [5, 5.41) is 3.92. The van der Waals surface area contributed by atoms with Crippen molar-refractivity contribution in [1.29, 1.82) is 0 Å². The molecule has 6 nitrogen and oxygen atoms in total. The van der Waals surface area contributed by atoms with Crippen molar-refractivity contribution in [3.63, 3.8) is 0 Å². The van der Waals surface area contributed by atoms with Gasteiger partial charge in [-0.15, -0.1) is 0 Å². The Morgan fingerprint density at radius 1 is 1.33 bits per heavy atom. The molecule has 0 N–H and O–H groups in total. The van der Waals surface area contributed by atoms with E-state index in [9.17, 15) is 8.42 Å². The maximum Gasteiger partial charge on any atom is 0.246 e. The topological polar surface area (TPSA) is 58.4 Å². The summed E-state index contributed by atoms with van der Waals surface area (Å²) in [6.07, 6.45) is 4.72. The summed E-state index contributed by atoms with van der Waals surface area (Å²) in [6, 6.07) is 0.477. The second kappa shape index (κ2) is 4.99. The highest BCUT2D eigenvalue weighted by Gasteiger charge is 2.30. The van der Waals surface area contributed by atoms with Gasteiger partial charge in [-0.3, -0.25) is 4.68 Å². The Labute approximate surface area is 108 Å². The molecule has 2 rings (SSSR count). The predicted molar refractivity (Wildman–Crippen MR) is 68.7 cm³/mol. The Balaban J connectivity index is 2.09. The first kappa shape index (κ1) is 13.5. The molecule has 0 radical (unpaired) electrons. The van der Waals surface area contributed by atoms with Crippen molar-refractivity contribution < 1.29 is 8.42 Å². The fourth-order valence-electron chi connectivity index (χ4n) is 2.28. The smallest absolute Gasteiger partial charge is 0.246 e. The van der Waals surface area contributed by atoms with E-state index in [1.54, 1.807) is 17.5 Å². The fourth-order valence-corrected chi connectivity index (χ4v) is 3.74. The monoisotopic (exact) mass is 272 g/mol. The number of aryl methyl sites for hydroxylation is 1. The van der Waals surface area contributed by atoms with E-state index in [1.165, 1.54) is 10.9 Å². The average Bonchev–Trinajstić information content (AvgIpc) is 2.76. The van der Waals surface area contributed by atoms with Gasteiger partial charge in [-0.25, -0.2) is 8.42 Å². The van der Waals surface area contributed by atoms with Gasteiger partial charge in [0.15, 0.2) is 0 Å². The molecule has 0 amide bonds. The van der Waals surface area contributed by atoms with E-state index in [0.29, 0.717) is 19.1 Å². The van der Waals surface area contributed by atoms with Gasteiger partial charge >= 0.3 is 0 Å². The van der Waals surface area contributed by atoms with E-state index in [4.69, 9.17) is 0 Å². The first-order valence-electron chi connectivity index (χ1n) is 6.06. The number of hydrogen-bond donors (Lipinski definition) is 0. The molecule has 1 saturated heterocycles. The van der Waals surface area contributed by atoms with Gasteiger partial charge in [-0.2, -0.15) is 9.40 Å². The molecule has 7 heteroatoms. The molecule has 0 aromatic carbocycles. The van der Waals surface area contributed by atoms with Crippen molar-refractivity contribution in [3.05, 3.63) is 12.4 Å². The van der Waals surface area contributed by atoms with E-state index < -0.39 is 10.0 Å². The van der Waals surface area contributed by atoms with E-state index in [2.05, 4.69) is 10.00 Å². The van der Waals surface area contributed by atoms with Crippen LogP contribution in [0.4, 0.5) is 0 Å². The molecule has 1 aromatic rings. The molecular formula is C11H20N4O2S. The summed E-state index contributed by atoms with van der Waals surface area (Å²) in [4.78, 5) is 2.45. The Morgan fingerprint density at radius 2 is 1.94 bits per heavy atom. The first-order valence-corrected chi connectivity index (χ1v) is 7.50. The number of piperidine rings is 1. The van der Waals surface area contributed by atoms with E-state index >= 15 is 0 Å². The molecule has 0 saturated carbocycles. The Hall–Kier alpha value is -0.920. The van der Waals surface area contributed by atoms with Crippen molar-refractivity contribution in [2.24, 2.45) is 7.05 Å². The van der Waals surface area contributed by atoms with Gasteiger partial charge in [0, 0.05) is 32.4 Å². The van der Waals surface area contributed by atoms with Gasteiger partial charge in [-0.05, 0) is 26.9 Å². The Morgan fingerprint density at radius 3 is 2.39 bits per heavy atom. The van der Waals surface area contributed by atoms with Crippen LogP contribution in [0, 0.1) is 0 Å². The van der Waals surface area contributed by atoms with E-state index in [0.717, 1.165) is 12.8 Å². The zero-order valence-electron chi connectivity index (χ0n) is 11.1. The molecule has 0 bridgehead atoms. The number of rotatable bonds is 3. The van der Waals surface area contributed by atoms with Crippen LogP contribution in [0.2, 0.25) is 0 Å². The highest BCUT2D eigenvalue weighted by atomic mass is 32.2. The van der Waals surface area contributed by atoms with Gasteiger partial charge in [0.25, 0.3) is 0 Å². The normalized spacial score (nSPS) is 19.6. The minimum absolute atomic E-state index is 0.285. The second-order valence-electron chi connectivity index (χ2n) is 4.95. The average molecular weight is 272 g/mol. The summed E-state index contributed by atoms with van der Waals surface area (Å²) >= 11 is 0. The van der Waals surface area contributed by atoms with Gasteiger partial charge in [-0.1, -0.05) is 0 Å². The predicted octanol–water partition coefficient (Wildman–Crippen LogP) is 0.135. The first-order chi connectivity index (χ1) is 8.41. The van der Waals surface area contributed by atoms with Gasteiger partial charge in [0.05, 0.1) is 6.20 Å². The molecule has 1 fully saturated rings. The summed E-state index contributed by atoms with van der Waals surface area (Å²) in [5.74, 6) is 0. The lowest BCUT2D eigenvalue weighted by atomic mass is 10.1. The van der Waals surface area contributed by atoms with Crippen LogP contribution in [0.15, 0.2) is 17.3 Å². The lowest BCUT2D eigenvalue weighted by Crippen LogP contribution is -2.44. The van der Waals surface area contributed by atoms with Crippen LogP contribution in [-0.2, 0) is 17.1 Å². The third-order valence-electron chi connectivity index (χ3n) is 3.47. The highest BCUT2D eigenvalue weighted by Crippen LogP contribution is 2.21.